The van der Waals surface area contributed by atoms with E-state index in [1.807, 2.05) is 0 Å². The Balaban J connectivity index is 1.93. The van der Waals surface area contributed by atoms with Crippen LogP contribution in [-0.4, -0.2) is 4.57 Å². The zero-order valence-corrected chi connectivity index (χ0v) is 12.2. The molecule has 0 saturated heterocycles. The van der Waals surface area contributed by atoms with Gasteiger partial charge < -0.3 is 9.88 Å². The number of nitrogens with zero attached hydrogens (tertiary/aromatic N) is 1. The number of nitrogens with one attached hydrogen (secondary N) is 1. The molecule has 1 aromatic heterocycles. The maximum Gasteiger partial charge on any atom is 0.0751 e. The lowest BCUT2D eigenvalue weighted by atomic mass is 9.88. The molecule has 0 fully saturated rings. The summed E-state index contributed by atoms with van der Waals surface area (Å²) in [6.45, 7) is 2.61. The van der Waals surface area contributed by atoms with Gasteiger partial charge in [0.1, 0.15) is 0 Å². The molecule has 20 heavy (non-hydrogen) atoms. The van der Waals surface area contributed by atoms with Gasteiger partial charge in [0, 0.05) is 13.3 Å². The first-order chi connectivity index (χ1) is 10.3. The number of rotatable bonds is 5. The summed E-state index contributed by atoms with van der Waals surface area (Å²) in [5, 5.41) is 3.67. The molecule has 1 aromatic carbocycles. The maximum absolute atomic E-state index is 8.16. The first-order valence-corrected chi connectivity index (χ1v) is 7.65. The van der Waals surface area contributed by atoms with Crippen LogP contribution in [0.5, 0.6) is 0 Å². The van der Waals surface area contributed by atoms with Crippen LogP contribution in [0.3, 0.4) is 0 Å². The van der Waals surface area contributed by atoms with Crippen LogP contribution in [0.1, 0.15) is 53.0 Å². The van der Waals surface area contributed by atoms with Crippen molar-refractivity contribution in [3.63, 3.8) is 0 Å². The summed E-state index contributed by atoms with van der Waals surface area (Å²) < 4.78 is 10.4. The van der Waals surface area contributed by atoms with E-state index < -0.39 is 0 Å². The minimum absolute atomic E-state index is 0.244. The van der Waals surface area contributed by atoms with Crippen LogP contribution < -0.4 is 5.32 Å². The van der Waals surface area contributed by atoms with Crippen LogP contribution in [0.2, 0.25) is 0 Å². The Labute approximate surface area is 123 Å². The smallest absolute Gasteiger partial charge is 0.0751 e. The summed E-state index contributed by atoms with van der Waals surface area (Å²) in [5.74, 6) is 0. The lowest BCUT2D eigenvalue weighted by Crippen LogP contribution is -2.37. The predicted molar refractivity (Wildman–Crippen MR) is 85.5 cm³/mol. The molecule has 2 nitrogen and oxygen atoms in total. The summed E-state index contributed by atoms with van der Waals surface area (Å²) in [5.41, 5.74) is 3.32. The fourth-order valence-electron chi connectivity index (χ4n) is 3.14. The molecule has 0 spiro atoms. The molecule has 0 amide bonds. The molecule has 2 heteroatoms. The second-order valence-electron chi connectivity index (χ2n) is 5.80. The predicted octanol–water partition coefficient (Wildman–Crippen LogP) is 5.09. The number of para-hydroxylation sites is 2. The standard InChI is InChI=1S/C18H24N2/c1-3-4-5-8-13-18(2)17-12-9-14-20(17)16-11-7-6-10-15(16)19-18/h6-7,9-12,14,19H,3-5,8,13H2,1-2H3/i2D. The van der Waals surface area contributed by atoms with Crippen molar-refractivity contribution in [1.82, 2.24) is 4.57 Å². The first-order valence-electron chi connectivity index (χ1n) is 8.36. The highest BCUT2D eigenvalue weighted by molar-refractivity contribution is 5.66. The van der Waals surface area contributed by atoms with Crippen LogP contribution in [0.15, 0.2) is 42.6 Å². The molecule has 1 N–H and O–H groups in total. The van der Waals surface area contributed by atoms with E-state index in [-0.39, 0.29) is 5.54 Å². The zero-order valence-electron chi connectivity index (χ0n) is 13.2. The molecule has 106 valence electrons. The van der Waals surface area contributed by atoms with Crippen LogP contribution in [0.25, 0.3) is 5.69 Å². The van der Waals surface area contributed by atoms with Crippen molar-refractivity contribution in [2.24, 2.45) is 0 Å². The highest BCUT2D eigenvalue weighted by atomic mass is 15.1. The van der Waals surface area contributed by atoms with Gasteiger partial charge in [-0.3, -0.25) is 0 Å². The van der Waals surface area contributed by atoms with Gasteiger partial charge in [-0.25, -0.2) is 0 Å². The third-order valence-corrected chi connectivity index (χ3v) is 4.23. The average molecular weight is 269 g/mol. The van der Waals surface area contributed by atoms with E-state index in [0.717, 1.165) is 12.1 Å². The van der Waals surface area contributed by atoms with E-state index in [2.05, 4.69) is 59.4 Å². The van der Waals surface area contributed by atoms with E-state index in [1.54, 1.807) is 0 Å². The van der Waals surface area contributed by atoms with Gasteiger partial charge in [0.2, 0.25) is 0 Å². The number of unbranched alkanes of at least 4 members (excludes halogenated alkanes) is 3. The topological polar surface area (TPSA) is 17.0 Å². The molecule has 2 heterocycles. The third-order valence-electron chi connectivity index (χ3n) is 4.23. The average Bonchev–Trinajstić information content (AvgIpc) is 3.02. The highest BCUT2D eigenvalue weighted by Gasteiger charge is 2.33. The van der Waals surface area contributed by atoms with Crippen LogP contribution >= 0.6 is 0 Å². The number of hydrogen-bond acceptors (Lipinski definition) is 1. The van der Waals surface area contributed by atoms with E-state index >= 15 is 0 Å². The van der Waals surface area contributed by atoms with Crippen molar-refractivity contribution >= 4 is 5.69 Å². The van der Waals surface area contributed by atoms with E-state index in [9.17, 15) is 0 Å². The van der Waals surface area contributed by atoms with Crippen LogP contribution in [-0.2, 0) is 5.54 Å². The molecule has 0 bridgehead atoms. The Hall–Kier alpha value is -1.70. The van der Waals surface area contributed by atoms with Gasteiger partial charge >= 0.3 is 0 Å². The van der Waals surface area contributed by atoms with Gasteiger partial charge in [-0.1, -0.05) is 44.7 Å². The molecular weight excluding hydrogens is 244 g/mol. The molecular formula is C18H24N2. The number of fused-ring (bicyclic) bond motifs is 3. The van der Waals surface area contributed by atoms with Gasteiger partial charge in [0.15, 0.2) is 0 Å². The van der Waals surface area contributed by atoms with Gasteiger partial charge in [-0.2, -0.15) is 0 Å². The second kappa shape index (κ2) is 5.35. The minimum atomic E-state index is -0.244. The van der Waals surface area contributed by atoms with Gasteiger partial charge in [0.05, 0.1) is 16.9 Å². The largest absolute Gasteiger partial charge is 0.373 e. The molecule has 1 atom stereocenters. The van der Waals surface area contributed by atoms with E-state index in [0.29, 0.717) is 6.90 Å². The van der Waals surface area contributed by atoms with Gasteiger partial charge in [0.25, 0.3) is 0 Å². The molecule has 0 radical (unpaired) electrons. The van der Waals surface area contributed by atoms with Crippen molar-refractivity contribution in [2.75, 3.05) is 5.32 Å². The normalized spacial score (nSPS) is 20.8. The fraction of sp³-hybridized carbons (Fsp3) is 0.444. The van der Waals surface area contributed by atoms with Crippen molar-refractivity contribution in [2.45, 2.75) is 51.5 Å². The number of benzene rings is 1. The molecule has 0 saturated carbocycles. The van der Waals surface area contributed by atoms with Crippen molar-refractivity contribution in [3.05, 3.63) is 48.3 Å². The summed E-state index contributed by atoms with van der Waals surface area (Å²) in [6.07, 6.45) is 8.10. The Morgan fingerprint density at radius 3 is 2.90 bits per heavy atom. The molecule has 1 unspecified atom stereocenters. The summed E-state index contributed by atoms with van der Waals surface area (Å²) >= 11 is 0. The molecule has 2 aromatic rings. The van der Waals surface area contributed by atoms with E-state index in [1.165, 1.54) is 37.1 Å². The second-order valence-corrected chi connectivity index (χ2v) is 5.80. The molecule has 1 aliphatic heterocycles. The van der Waals surface area contributed by atoms with Crippen molar-refractivity contribution in [3.8, 4) is 5.69 Å². The lowest BCUT2D eigenvalue weighted by Gasteiger charge is -2.38. The Kier molecular flexibility index (Phi) is 3.23. The quantitative estimate of drug-likeness (QED) is 0.748. The molecule has 0 aliphatic carbocycles. The fourth-order valence-corrected chi connectivity index (χ4v) is 3.14. The minimum Gasteiger partial charge on any atom is -0.373 e. The zero-order chi connectivity index (χ0) is 14.7. The summed E-state index contributed by atoms with van der Waals surface area (Å²) in [7, 11) is 0. The monoisotopic (exact) mass is 269 g/mol. The van der Waals surface area contributed by atoms with Crippen LogP contribution in [0.4, 0.5) is 5.69 Å². The van der Waals surface area contributed by atoms with Crippen molar-refractivity contribution in [1.29, 1.82) is 0 Å². The van der Waals surface area contributed by atoms with Gasteiger partial charge in [-0.05, 0) is 37.6 Å². The molecule has 1 aliphatic rings. The lowest BCUT2D eigenvalue weighted by molar-refractivity contribution is 0.435. The van der Waals surface area contributed by atoms with Crippen LogP contribution in [0, 0.1) is 0 Å². The summed E-state index contributed by atoms with van der Waals surface area (Å²) in [6, 6.07) is 12.6. The Morgan fingerprint density at radius 2 is 2.05 bits per heavy atom. The Bertz CT molecular complexity index is 605. The number of hydrogen-bond donors (Lipinski definition) is 1. The van der Waals surface area contributed by atoms with Crippen molar-refractivity contribution < 1.29 is 1.37 Å². The SMILES string of the molecule is [2H]CC1(CCCCCC)Nc2ccccc2-n2cccc21. The number of anilines is 1. The summed E-state index contributed by atoms with van der Waals surface area (Å²) in [4.78, 5) is 0. The maximum atomic E-state index is 8.16. The first kappa shape index (κ1) is 12.1. The highest BCUT2D eigenvalue weighted by Crippen LogP contribution is 2.39. The molecule has 3 rings (SSSR count). The van der Waals surface area contributed by atoms with E-state index in [4.69, 9.17) is 1.37 Å². The van der Waals surface area contributed by atoms with Gasteiger partial charge in [-0.15, -0.1) is 0 Å². The number of aromatic nitrogens is 1. The third kappa shape index (κ3) is 2.24. The Morgan fingerprint density at radius 1 is 1.15 bits per heavy atom.